The van der Waals surface area contributed by atoms with E-state index in [-0.39, 0.29) is 5.54 Å². The highest BCUT2D eigenvalue weighted by Crippen LogP contribution is 2.44. The van der Waals surface area contributed by atoms with Gasteiger partial charge in [0.15, 0.2) is 0 Å². The molecule has 1 saturated heterocycles. The quantitative estimate of drug-likeness (QED) is 0.830. The number of carbonyl (C=O) groups excluding carboxylic acids is 1. The number of carbonyl (C=O) groups is 1. The fraction of sp³-hybridized carbons (Fsp3) is 0.500. The first-order valence-electron chi connectivity index (χ1n) is 7.70. The van der Waals surface area contributed by atoms with E-state index in [4.69, 9.17) is 4.74 Å². The number of aromatic nitrogens is 2. The van der Waals surface area contributed by atoms with E-state index in [1.165, 1.54) is 5.56 Å². The first-order valence-corrected chi connectivity index (χ1v) is 7.70. The lowest BCUT2D eigenvalue weighted by Crippen LogP contribution is -2.30. The monoisotopic (exact) mass is 302 g/mol. The fourth-order valence-electron chi connectivity index (χ4n) is 2.70. The van der Waals surface area contributed by atoms with Gasteiger partial charge in [-0.15, -0.1) is 0 Å². The average Bonchev–Trinajstić information content (AvgIpc) is 3.19. The zero-order valence-corrected chi connectivity index (χ0v) is 12.8. The Bertz CT molecular complexity index is 633. The van der Waals surface area contributed by atoms with Crippen LogP contribution in [0.25, 0.3) is 5.52 Å². The molecule has 2 fully saturated rings. The van der Waals surface area contributed by atoms with E-state index in [2.05, 4.69) is 33.0 Å². The van der Waals surface area contributed by atoms with Crippen molar-refractivity contribution in [1.82, 2.24) is 20.0 Å². The van der Waals surface area contributed by atoms with Gasteiger partial charge in [0.2, 0.25) is 6.41 Å². The van der Waals surface area contributed by atoms with Gasteiger partial charge < -0.3 is 19.8 Å². The van der Waals surface area contributed by atoms with Gasteiger partial charge in [-0.1, -0.05) is 6.07 Å². The number of rotatable bonds is 3. The molecule has 1 aliphatic carbocycles. The number of nitrogens with one attached hydrogen (secondary N) is 2. The van der Waals surface area contributed by atoms with Crippen LogP contribution in [0.2, 0.25) is 0 Å². The summed E-state index contributed by atoms with van der Waals surface area (Å²) in [6.07, 6.45) is 6.58. The van der Waals surface area contributed by atoms with Gasteiger partial charge >= 0.3 is 0 Å². The normalized spacial score (nSPS) is 19.1. The van der Waals surface area contributed by atoms with Crippen molar-refractivity contribution in [3.05, 3.63) is 35.9 Å². The summed E-state index contributed by atoms with van der Waals surface area (Å²) in [7, 11) is 0. The van der Waals surface area contributed by atoms with E-state index in [0.717, 1.165) is 56.9 Å². The molecule has 0 aromatic carbocycles. The summed E-state index contributed by atoms with van der Waals surface area (Å²) in [5.41, 5.74) is 2.08. The summed E-state index contributed by atoms with van der Waals surface area (Å²) in [4.78, 5) is 15.1. The number of ether oxygens (including phenoxy) is 1. The third-order valence-electron chi connectivity index (χ3n) is 4.14. The van der Waals surface area contributed by atoms with Gasteiger partial charge in [0.1, 0.15) is 5.82 Å². The number of amides is 1. The molecule has 0 unspecified atom stereocenters. The molecule has 2 aromatic heterocycles. The van der Waals surface area contributed by atoms with E-state index in [9.17, 15) is 4.79 Å². The topological polar surface area (TPSA) is 67.7 Å². The molecule has 2 aromatic rings. The van der Waals surface area contributed by atoms with Gasteiger partial charge in [0, 0.05) is 19.3 Å². The second kappa shape index (κ2) is 6.46. The molecule has 4 rings (SSSR count). The van der Waals surface area contributed by atoms with Gasteiger partial charge in [0.25, 0.3) is 0 Å². The standard InChI is InChI=1S/C12H13N3O.C4H9NO/c1-9-3-2-6-15-10(9)7-13-11(15)12(4-5-12)14-8-16;1-3-6-4-2-5-1/h2-3,6-8H,4-5H2,1H3,(H,14,16);5H,1-4H2. The van der Waals surface area contributed by atoms with Crippen molar-refractivity contribution < 1.29 is 9.53 Å². The van der Waals surface area contributed by atoms with E-state index in [1.807, 2.05) is 18.5 Å². The van der Waals surface area contributed by atoms with Crippen LogP contribution in [0.4, 0.5) is 0 Å². The van der Waals surface area contributed by atoms with Gasteiger partial charge in [-0.05, 0) is 31.4 Å². The highest BCUT2D eigenvalue weighted by Gasteiger charge is 2.47. The Balaban J connectivity index is 0.000000202. The number of morpholine rings is 1. The van der Waals surface area contributed by atoms with Gasteiger partial charge in [-0.3, -0.25) is 4.79 Å². The average molecular weight is 302 g/mol. The van der Waals surface area contributed by atoms with Crippen LogP contribution in [-0.4, -0.2) is 42.1 Å². The maximum atomic E-state index is 10.6. The minimum Gasteiger partial charge on any atom is -0.379 e. The van der Waals surface area contributed by atoms with Crippen LogP contribution >= 0.6 is 0 Å². The zero-order chi connectivity index (χ0) is 15.4. The molecule has 0 atom stereocenters. The van der Waals surface area contributed by atoms with Gasteiger partial charge in [-0.25, -0.2) is 4.98 Å². The molecule has 1 amide bonds. The summed E-state index contributed by atoms with van der Waals surface area (Å²) in [6, 6.07) is 4.07. The lowest BCUT2D eigenvalue weighted by molar-refractivity contribution is -0.110. The first-order chi connectivity index (χ1) is 10.8. The van der Waals surface area contributed by atoms with Crippen molar-refractivity contribution in [1.29, 1.82) is 0 Å². The zero-order valence-electron chi connectivity index (χ0n) is 12.8. The molecular weight excluding hydrogens is 280 g/mol. The third-order valence-corrected chi connectivity index (χ3v) is 4.14. The molecular formula is C16H22N4O2. The highest BCUT2D eigenvalue weighted by atomic mass is 16.5. The minimum absolute atomic E-state index is 0.220. The molecule has 0 radical (unpaired) electrons. The summed E-state index contributed by atoms with van der Waals surface area (Å²) < 4.78 is 7.08. The Hall–Kier alpha value is -1.92. The Kier molecular flexibility index (Phi) is 4.40. The highest BCUT2D eigenvalue weighted by molar-refractivity contribution is 5.56. The summed E-state index contributed by atoms with van der Waals surface area (Å²) >= 11 is 0. The largest absolute Gasteiger partial charge is 0.379 e. The Morgan fingerprint density at radius 3 is 2.73 bits per heavy atom. The molecule has 6 nitrogen and oxygen atoms in total. The molecule has 2 aliphatic rings. The van der Waals surface area contributed by atoms with Gasteiger partial charge in [0.05, 0.1) is 30.5 Å². The van der Waals surface area contributed by atoms with Crippen molar-refractivity contribution >= 4 is 11.9 Å². The summed E-state index contributed by atoms with van der Waals surface area (Å²) in [5, 5.41) is 6.04. The van der Waals surface area contributed by atoms with Crippen LogP contribution in [-0.2, 0) is 15.1 Å². The van der Waals surface area contributed by atoms with Crippen LogP contribution in [0.1, 0.15) is 24.2 Å². The smallest absolute Gasteiger partial charge is 0.207 e. The minimum atomic E-state index is -0.220. The van der Waals surface area contributed by atoms with Crippen molar-refractivity contribution in [2.75, 3.05) is 26.3 Å². The van der Waals surface area contributed by atoms with Crippen molar-refractivity contribution in [3.63, 3.8) is 0 Å². The number of nitrogens with zero attached hydrogens (tertiary/aromatic N) is 2. The molecule has 22 heavy (non-hydrogen) atoms. The van der Waals surface area contributed by atoms with Crippen molar-refractivity contribution in [2.24, 2.45) is 0 Å². The number of hydrogen-bond acceptors (Lipinski definition) is 4. The predicted octanol–water partition coefficient (Wildman–Crippen LogP) is 0.984. The van der Waals surface area contributed by atoms with Crippen LogP contribution in [0.15, 0.2) is 24.5 Å². The van der Waals surface area contributed by atoms with Crippen LogP contribution in [0.3, 0.4) is 0 Å². The number of pyridine rings is 1. The lowest BCUT2D eigenvalue weighted by Gasteiger charge is -2.12. The van der Waals surface area contributed by atoms with E-state index in [0.29, 0.717) is 0 Å². The third kappa shape index (κ3) is 2.98. The fourth-order valence-corrected chi connectivity index (χ4v) is 2.70. The van der Waals surface area contributed by atoms with Crippen LogP contribution < -0.4 is 10.6 Å². The SMILES string of the molecule is C1COCCN1.Cc1cccn2c(C3(NC=O)CC3)ncc12. The lowest BCUT2D eigenvalue weighted by atomic mass is 10.2. The van der Waals surface area contributed by atoms with E-state index < -0.39 is 0 Å². The molecule has 0 bridgehead atoms. The maximum absolute atomic E-state index is 10.6. The summed E-state index contributed by atoms with van der Waals surface area (Å²) in [5.74, 6) is 0.943. The van der Waals surface area contributed by atoms with E-state index in [1.54, 1.807) is 0 Å². The molecule has 3 heterocycles. The van der Waals surface area contributed by atoms with Gasteiger partial charge in [-0.2, -0.15) is 0 Å². The van der Waals surface area contributed by atoms with E-state index >= 15 is 0 Å². The first kappa shape index (κ1) is 15.0. The molecule has 118 valence electrons. The van der Waals surface area contributed by atoms with Crippen molar-refractivity contribution in [3.8, 4) is 0 Å². The Morgan fingerprint density at radius 1 is 1.41 bits per heavy atom. The second-order valence-corrected chi connectivity index (χ2v) is 5.73. The second-order valence-electron chi connectivity index (χ2n) is 5.73. The predicted molar refractivity (Wildman–Crippen MR) is 83.7 cm³/mol. The number of fused-ring (bicyclic) bond motifs is 1. The molecule has 6 heteroatoms. The molecule has 2 N–H and O–H groups in total. The molecule has 0 spiro atoms. The number of imidazole rings is 1. The molecule has 1 aliphatic heterocycles. The van der Waals surface area contributed by atoms with Crippen molar-refractivity contribution in [2.45, 2.75) is 25.3 Å². The number of hydrogen-bond donors (Lipinski definition) is 2. The van der Waals surface area contributed by atoms with Crippen LogP contribution in [0.5, 0.6) is 0 Å². The Labute approximate surface area is 129 Å². The molecule has 1 saturated carbocycles. The number of aryl methyl sites for hydroxylation is 1. The van der Waals surface area contributed by atoms with Crippen LogP contribution in [0, 0.1) is 6.92 Å². The Morgan fingerprint density at radius 2 is 2.18 bits per heavy atom. The maximum Gasteiger partial charge on any atom is 0.207 e. The summed E-state index contributed by atoms with van der Waals surface area (Å²) in [6.45, 7) is 5.90.